The lowest BCUT2D eigenvalue weighted by Gasteiger charge is -2.43. The SMILES string of the molecule is CCOc1cc(C2C3=C(CCCC3=O)N(CC(=O)O)C3=C2C(=O)CCC3)cc(Br)c1OS(=O)(=O)c1ccccc1. The van der Waals surface area contributed by atoms with E-state index >= 15 is 0 Å². The summed E-state index contributed by atoms with van der Waals surface area (Å²) in [4.78, 5) is 40.3. The minimum atomic E-state index is -4.19. The average Bonchev–Trinajstić information content (AvgIpc) is 2.91. The van der Waals surface area contributed by atoms with Crippen LogP contribution in [-0.4, -0.2) is 49.1 Å². The molecule has 2 aromatic carbocycles. The molecule has 0 fully saturated rings. The lowest BCUT2D eigenvalue weighted by atomic mass is 9.71. The predicted molar refractivity (Wildman–Crippen MR) is 148 cm³/mol. The first-order chi connectivity index (χ1) is 19.1. The molecule has 2 aliphatic carbocycles. The topological polar surface area (TPSA) is 127 Å². The fourth-order valence-electron chi connectivity index (χ4n) is 5.72. The van der Waals surface area contributed by atoms with Crippen LogP contribution in [0.4, 0.5) is 0 Å². The Kier molecular flexibility index (Phi) is 7.87. The molecule has 1 N–H and O–H groups in total. The Hall–Kier alpha value is -3.44. The van der Waals surface area contributed by atoms with Crippen LogP contribution in [0.15, 0.2) is 74.4 Å². The van der Waals surface area contributed by atoms with Gasteiger partial charge in [-0.3, -0.25) is 14.4 Å². The summed E-state index contributed by atoms with van der Waals surface area (Å²) in [7, 11) is -4.19. The summed E-state index contributed by atoms with van der Waals surface area (Å²) < 4.78 is 37.7. The second-order valence-electron chi connectivity index (χ2n) is 9.80. The van der Waals surface area contributed by atoms with Gasteiger partial charge in [-0.2, -0.15) is 8.42 Å². The molecule has 0 bridgehead atoms. The van der Waals surface area contributed by atoms with Crippen molar-refractivity contribution in [3.63, 3.8) is 0 Å². The molecule has 9 nitrogen and oxygen atoms in total. The number of ether oxygens (including phenoxy) is 1. The first-order valence-corrected chi connectivity index (χ1v) is 15.3. The van der Waals surface area contributed by atoms with Crippen LogP contribution < -0.4 is 8.92 Å². The van der Waals surface area contributed by atoms with Crippen molar-refractivity contribution in [2.24, 2.45) is 0 Å². The molecule has 0 saturated carbocycles. The van der Waals surface area contributed by atoms with E-state index in [-0.39, 0.29) is 45.6 Å². The van der Waals surface area contributed by atoms with Crippen molar-refractivity contribution in [2.45, 2.75) is 56.3 Å². The molecule has 1 heterocycles. The second-order valence-corrected chi connectivity index (χ2v) is 12.2. The number of hydrogen-bond donors (Lipinski definition) is 1. The van der Waals surface area contributed by atoms with Crippen molar-refractivity contribution >= 4 is 43.6 Å². The number of allylic oxidation sites excluding steroid dienone is 4. The van der Waals surface area contributed by atoms with Gasteiger partial charge < -0.3 is 18.9 Å². The van der Waals surface area contributed by atoms with Crippen molar-refractivity contribution < 1.29 is 36.8 Å². The normalized spacial score (nSPS) is 18.0. The van der Waals surface area contributed by atoms with Crippen LogP contribution in [0.3, 0.4) is 0 Å². The van der Waals surface area contributed by atoms with Gasteiger partial charge >= 0.3 is 16.1 Å². The van der Waals surface area contributed by atoms with Crippen molar-refractivity contribution in [3.8, 4) is 11.5 Å². The fourth-order valence-corrected chi connectivity index (χ4v) is 7.35. The number of carbonyl (C=O) groups excluding carboxylic acids is 2. The third-order valence-electron chi connectivity index (χ3n) is 7.27. The maximum Gasteiger partial charge on any atom is 0.339 e. The quantitative estimate of drug-likeness (QED) is 0.396. The third kappa shape index (κ3) is 5.19. The zero-order valence-electron chi connectivity index (χ0n) is 21.8. The Morgan fingerprint density at radius 1 is 1.00 bits per heavy atom. The van der Waals surface area contributed by atoms with Crippen LogP contribution in [-0.2, 0) is 24.5 Å². The molecule has 0 amide bonds. The number of Topliss-reactive ketones (excluding diaryl/α,β-unsaturated/α-hetero) is 2. The number of carboxylic acids is 1. The number of aliphatic carboxylic acids is 1. The summed E-state index contributed by atoms with van der Waals surface area (Å²) in [5.74, 6) is -1.96. The van der Waals surface area contributed by atoms with E-state index in [1.807, 2.05) is 0 Å². The van der Waals surface area contributed by atoms with Crippen LogP contribution in [0.5, 0.6) is 11.5 Å². The molecule has 11 heteroatoms. The van der Waals surface area contributed by atoms with Gasteiger partial charge in [0.1, 0.15) is 11.4 Å². The van der Waals surface area contributed by atoms with E-state index in [4.69, 9.17) is 8.92 Å². The maximum absolute atomic E-state index is 13.4. The second kappa shape index (κ2) is 11.2. The minimum absolute atomic E-state index is 0.0237. The van der Waals surface area contributed by atoms with Gasteiger partial charge in [0, 0.05) is 41.3 Å². The van der Waals surface area contributed by atoms with Crippen molar-refractivity contribution in [1.82, 2.24) is 4.90 Å². The highest BCUT2D eigenvalue weighted by atomic mass is 79.9. The van der Waals surface area contributed by atoms with Gasteiger partial charge in [0.2, 0.25) is 0 Å². The zero-order valence-corrected chi connectivity index (χ0v) is 24.2. The fraction of sp³-hybridized carbons (Fsp3) is 0.345. The molecule has 0 saturated heterocycles. The number of carbonyl (C=O) groups is 3. The summed E-state index contributed by atoms with van der Waals surface area (Å²) in [5.41, 5.74) is 2.67. The standard InChI is InChI=1S/C29H28BrNO8S/c1-2-38-24-15-17(14-19(30)29(24)39-40(36,37)18-8-4-3-5-9-18)26-27-20(10-6-12-22(27)32)31(16-25(34)35)21-11-7-13-23(33)28(21)26/h3-5,8-9,14-15,26H,2,6-7,10-13,16H2,1H3,(H,34,35). The first-order valence-electron chi connectivity index (χ1n) is 13.1. The molecule has 0 radical (unpaired) electrons. The monoisotopic (exact) mass is 629 g/mol. The average molecular weight is 631 g/mol. The maximum atomic E-state index is 13.4. The molecule has 40 heavy (non-hydrogen) atoms. The molecule has 2 aromatic rings. The van der Waals surface area contributed by atoms with Gasteiger partial charge in [0.05, 0.1) is 11.1 Å². The third-order valence-corrected chi connectivity index (χ3v) is 9.09. The lowest BCUT2D eigenvalue weighted by Crippen LogP contribution is -2.41. The Bertz CT molecular complexity index is 1520. The molecular formula is C29H28BrNO8S. The summed E-state index contributed by atoms with van der Waals surface area (Å²) >= 11 is 3.45. The highest BCUT2D eigenvalue weighted by Gasteiger charge is 2.44. The predicted octanol–water partition coefficient (Wildman–Crippen LogP) is 5.11. The van der Waals surface area contributed by atoms with Gasteiger partial charge in [0.25, 0.3) is 0 Å². The van der Waals surface area contributed by atoms with E-state index in [9.17, 15) is 27.9 Å². The molecule has 5 rings (SSSR count). The van der Waals surface area contributed by atoms with E-state index in [1.54, 1.807) is 42.2 Å². The summed E-state index contributed by atoms with van der Waals surface area (Å²) in [6, 6.07) is 11.0. The Morgan fingerprint density at radius 2 is 1.60 bits per heavy atom. The highest BCUT2D eigenvalue weighted by molar-refractivity contribution is 9.10. The summed E-state index contributed by atoms with van der Waals surface area (Å²) in [6.07, 6.45) is 2.81. The highest BCUT2D eigenvalue weighted by Crippen LogP contribution is 2.51. The summed E-state index contributed by atoms with van der Waals surface area (Å²) in [6.45, 7) is 1.62. The number of rotatable bonds is 8. The number of benzene rings is 2. The molecular weight excluding hydrogens is 602 g/mol. The van der Waals surface area contributed by atoms with E-state index in [0.717, 1.165) is 0 Å². The van der Waals surface area contributed by atoms with Crippen molar-refractivity contribution in [2.75, 3.05) is 13.2 Å². The number of ketones is 2. The number of halogens is 1. The van der Waals surface area contributed by atoms with Gasteiger partial charge in [-0.05, 0) is 78.4 Å². The van der Waals surface area contributed by atoms with E-state index < -0.39 is 22.0 Å². The smallest absolute Gasteiger partial charge is 0.339 e. The van der Waals surface area contributed by atoms with Crippen molar-refractivity contribution in [3.05, 3.63) is 75.0 Å². The van der Waals surface area contributed by atoms with Gasteiger partial charge in [-0.25, -0.2) is 0 Å². The van der Waals surface area contributed by atoms with Crippen LogP contribution in [0, 0.1) is 0 Å². The Balaban J connectivity index is 1.68. The van der Waals surface area contributed by atoms with Crippen LogP contribution in [0.25, 0.3) is 0 Å². The van der Waals surface area contributed by atoms with Gasteiger partial charge in [-0.15, -0.1) is 0 Å². The first kappa shape index (κ1) is 28.1. The van der Waals surface area contributed by atoms with Gasteiger partial charge in [0.15, 0.2) is 23.1 Å². The van der Waals surface area contributed by atoms with E-state index in [1.165, 1.54) is 12.1 Å². The summed E-state index contributed by atoms with van der Waals surface area (Å²) in [5, 5.41) is 9.66. The van der Waals surface area contributed by atoms with Gasteiger partial charge in [-0.1, -0.05) is 18.2 Å². The Morgan fingerprint density at radius 3 is 2.15 bits per heavy atom. The van der Waals surface area contributed by atoms with Crippen LogP contribution in [0.2, 0.25) is 0 Å². The molecule has 0 aromatic heterocycles. The lowest BCUT2D eigenvalue weighted by molar-refractivity contribution is -0.138. The van der Waals surface area contributed by atoms with Crippen molar-refractivity contribution in [1.29, 1.82) is 0 Å². The number of hydrogen-bond acceptors (Lipinski definition) is 8. The number of carboxylic acid groups (broad SMARTS) is 1. The molecule has 0 atom stereocenters. The van der Waals surface area contributed by atoms with Crippen LogP contribution in [0.1, 0.15) is 56.9 Å². The zero-order chi connectivity index (χ0) is 28.6. The van der Waals surface area contributed by atoms with Crippen LogP contribution >= 0.6 is 15.9 Å². The molecule has 0 spiro atoms. The Labute approximate surface area is 240 Å². The molecule has 0 unspecified atom stereocenters. The molecule has 1 aliphatic heterocycles. The van der Waals surface area contributed by atoms with E-state index in [2.05, 4.69) is 15.9 Å². The molecule has 210 valence electrons. The largest absolute Gasteiger partial charge is 0.490 e. The molecule has 3 aliphatic rings. The number of nitrogens with zero attached hydrogens (tertiary/aromatic N) is 1. The minimum Gasteiger partial charge on any atom is -0.490 e. The van der Waals surface area contributed by atoms with E-state index in [0.29, 0.717) is 66.6 Å².